The Kier molecular flexibility index (Phi) is 35.3. The van der Waals surface area contributed by atoms with Crippen LogP contribution >= 0.6 is 0 Å². The van der Waals surface area contributed by atoms with Crippen LogP contribution in [0.1, 0.15) is 206 Å². The summed E-state index contributed by atoms with van der Waals surface area (Å²) < 4.78 is 32.5. The van der Waals surface area contributed by atoms with Crippen molar-refractivity contribution in [3.05, 3.63) is 36.5 Å². The predicted octanol–water partition coefficient (Wildman–Crippen LogP) is 12.1. The van der Waals surface area contributed by atoms with Gasteiger partial charge in [-0.2, -0.15) is 8.42 Å². The normalized spacial score (nSPS) is 13.6. The number of rotatable bonds is 37. The highest BCUT2D eigenvalue weighted by Crippen LogP contribution is 2.16. The average molecular weight is 710 g/mol. The molecule has 2 unspecified atom stereocenters. The number of aliphatic hydroxyl groups is 1. The Morgan fingerprint density at radius 1 is 0.571 bits per heavy atom. The number of hydrogen-bond donors (Lipinski definition) is 3. The highest BCUT2D eigenvalue weighted by atomic mass is 32.2. The van der Waals surface area contributed by atoms with Gasteiger partial charge in [0.05, 0.1) is 17.9 Å². The van der Waals surface area contributed by atoms with Crippen molar-refractivity contribution in [2.45, 2.75) is 219 Å². The predicted molar refractivity (Wildman–Crippen MR) is 212 cm³/mol. The minimum absolute atomic E-state index is 0.262. The number of carbonyl (C=O) groups is 1. The molecule has 0 fully saturated rings. The van der Waals surface area contributed by atoms with Crippen LogP contribution in [0.2, 0.25) is 0 Å². The second kappa shape index (κ2) is 36.4. The van der Waals surface area contributed by atoms with Crippen LogP contribution < -0.4 is 5.32 Å². The second-order valence-corrected chi connectivity index (χ2v) is 15.7. The molecule has 3 N–H and O–H groups in total. The van der Waals surface area contributed by atoms with E-state index in [0.717, 1.165) is 77.0 Å². The van der Waals surface area contributed by atoms with E-state index in [0.29, 0.717) is 12.8 Å². The van der Waals surface area contributed by atoms with Crippen molar-refractivity contribution in [2.24, 2.45) is 0 Å². The summed E-state index contributed by atoms with van der Waals surface area (Å²) in [6, 6.07) is -0.979. The third kappa shape index (κ3) is 37.6. The summed E-state index contributed by atoms with van der Waals surface area (Å²) in [5.41, 5.74) is 0. The Balaban J connectivity index is 3.87. The largest absolute Gasteiger partial charge is 0.391 e. The Hall–Kier alpha value is -1.44. The van der Waals surface area contributed by atoms with Crippen LogP contribution in [0, 0.1) is 0 Å². The maximum absolute atomic E-state index is 12.5. The molecule has 0 aromatic carbocycles. The zero-order valence-corrected chi connectivity index (χ0v) is 32.9. The van der Waals surface area contributed by atoms with Crippen LogP contribution in [0.3, 0.4) is 0 Å². The molecule has 0 aromatic rings. The van der Waals surface area contributed by atoms with Gasteiger partial charge in [0.15, 0.2) is 0 Å². The van der Waals surface area contributed by atoms with Gasteiger partial charge in [0.1, 0.15) is 0 Å². The fourth-order valence-electron chi connectivity index (χ4n) is 6.29. The van der Waals surface area contributed by atoms with Crippen LogP contribution in [0.15, 0.2) is 36.5 Å². The minimum atomic E-state index is -4.32. The SMILES string of the molecule is CC/C=C\C/C=C\C/C=C\CCCCCCCC(=O)NC(CS(=O)(=O)O)C(O)CCCCCCCCCCCCCCCCCCCCC. The number of unbranched alkanes of at least 4 members (excludes halogenated alkanes) is 23. The van der Waals surface area contributed by atoms with E-state index in [1.54, 1.807) is 0 Å². The van der Waals surface area contributed by atoms with Crippen molar-refractivity contribution in [1.82, 2.24) is 5.32 Å². The zero-order chi connectivity index (χ0) is 36.1. The first-order chi connectivity index (χ1) is 23.8. The Bertz CT molecular complexity index is 914. The van der Waals surface area contributed by atoms with E-state index < -0.39 is 28.0 Å². The molecule has 0 bridgehead atoms. The summed E-state index contributed by atoms with van der Waals surface area (Å²) in [7, 11) is -4.32. The average Bonchev–Trinajstić information content (AvgIpc) is 3.06. The smallest absolute Gasteiger partial charge is 0.266 e. The lowest BCUT2D eigenvalue weighted by Crippen LogP contribution is -2.47. The van der Waals surface area contributed by atoms with Crippen molar-refractivity contribution in [3.63, 3.8) is 0 Å². The maximum atomic E-state index is 12.5. The molecule has 0 radical (unpaired) electrons. The molecule has 0 aromatic heterocycles. The molecule has 7 heteroatoms. The standard InChI is InChI=1S/C42H79NO5S/c1-3-5-7-9-11-13-15-17-19-20-21-22-24-25-27-29-31-33-35-37-41(44)40(39-49(46,47)48)43-42(45)38-36-34-32-30-28-26-23-18-16-14-12-10-8-6-4-2/h6,8,12,14,18,23,40-41,44H,3-5,7,9-11,13,15-17,19-22,24-39H2,1-2H3,(H,43,45)(H,46,47,48)/b8-6-,14-12-,23-18-. The number of hydrogen-bond acceptors (Lipinski definition) is 4. The fourth-order valence-corrected chi connectivity index (χ4v) is 7.05. The third-order valence-corrected chi connectivity index (χ3v) is 10.1. The van der Waals surface area contributed by atoms with E-state index in [1.165, 1.54) is 103 Å². The molecule has 0 aliphatic heterocycles. The van der Waals surface area contributed by atoms with Crippen LogP contribution in [0.5, 0.6) is 0 Å². The van der Waals surface area contributed by atoms with Gasteiger partial charge in [0, 0.05) is 6.42 Å². The fraction of sp³-hybridized carbons (Fsp3) is 0.833. The lowest BCUT2D eigenvalue weighted by molar-refractivity contribution is -0.122. The minimum Gasteiger partial charge on any atom is -0.391 e. The summed E-state index contributed by atoms with van der Waals surface area (Å²) in [6.07, 6.45) is 46.6. The monoisotopic (exact) mass is 710 g/mol. The Morgan fingerprint density at radius 2 is 0.980 bits per heavy atom. The van der Waals surface area contributed by atoms with E-state index in [2.05, 4.69) is 55.6 Å². The quantitative estimate of drug-likeness (QED) is 0.0338. The topological polar surface area (TPSA) is 104 Å². The molecule has 0 saturated heterocycles. The molecule has 49 heavy (non-hydrogen) atoms. The molecule has 0 heterocycles. The van der Waals surface area contributed by atoms with Gasteiger partial charge in [-0.15, -0.1) is 0 Å². The molecule has 0 aliphatic rings. The van der Waals surface area contributed by atoms with Crippen molar-refractivity contribution in [3.8, 4) is 0 Å². The maximum Gasteiger partial charge on any atom is 0.266 e. The number of amides is 1. The number of allylic oxidation sites excluding steroid dienone is 6. The van der Waals surface area contributed by atoms with Crippen molar-refractivity contribution in [2.75, 3.05) is 5.75 Å². The first-order valence-electron chi connectivity index (χ1n) is 20.7. The number of nitrogens with one attached hydrogen (secondary N) is 1. The molecule has 0 rings (SSSR count). The van der Waals surface area contributed by atoms with E-state index in [-0.39, 0.29) is 5.91 Å². The molecule has 0 spiro atoms. The lowest BCUT2D eigenvalue weighted by Gasteiger charge is -2.23. The van der Waals surface area contributed by atoms with Crippen LogP contribution in [0.4, 0.5) is 0 Å². The molecular weight excluding hydrogens is 631 g/mol. The van der Waals surface area contributed by atoms with Gasteiger partial charge < -0.3 is 10.4 Å². The van der Waals surface area contributed by atoms with Gasteiger partial charge in [-0.1, -0.05) is 192 Å². The van der Waals surface area contributed by atoms with Gasteiger partial charge in [0.25, 0.3) is 10.1 Å². The summed E-state index contributed by atoms with van der Waals surface area (Å²) in [4.78, 5) is 12.5. The zero-order valence-electron chi connectivity index (χ0n) is 32.1. The highest BCUT2D eigenvalue weighted by molar-refractivity contribution is 7.85. The molecule has 0 saturated carbocycles. The number of aliphatic hydroxyl groups excluding tert-OH is 1. The van der Waals surface area contributed by atoms with E-state index >= 15 is 0 Å². The lowest BCUT2D eigenvalue weighted by atomic mass is 10.0. The van der Waals surface area contributed by atoms with Gasteiger partial charge in [-0.25, -0.2) is 0 Å². The van der Waals surface area contributed by atoms with E-state index in [9.17, 15) is 22.9 Å². The van der Waals surface area contributed by atoms with Crippen molar-refractivity contribution >= 4 is 16.0 Å². The summed E-state index contributed by atoms with van der Waals surface area (Å²) in [5, 5.41) is 13.4. The molecule has 6 nitrogen and oxygen atoms in total. The van der Waals surface area contributed by atoms with Crippen molar-refractivity contribution in [1.29, 1.82) is 0 Å². The van der Waals surface area contributed by atoms with Crippen LogP contribution in [0.25, 0.3) is 0 Å². The van der Waals surface area contributed by atoms with Gasteiger partial charge in [-0.05, 0) is 44.9 Å². The van der Waals surface area contributed by atoms with Gasteiger partial charge >= 0.3 is 0 Å². The molecule has 2 atom stereocenters. The molecular formula is C42H79NO5S. The molecule has 1 amide bonds. The number of carbonyl (C=O) groups excluding carboxylic acids is 1. The Morgan fingerprint density at radius 3 is 1.45 bits per heavy atom. The summed E-state index contributed by atoms with van der Waals surface area (Å²) >= 11 is 0. The highest BCUT2D eigenvalue weighted by Gasteiger charge is 2.26. The molecule has 288 valence electrons. The first-order valence-corrected chi connectivity index (χ1v) is 22.3. The Labute approximate surface area is 304 Å². The molecule has 0 aliphatic carbocycles. The van der Waals surface area contributed by atoms with Crippen LogP contribution in [-0.2, 0) is 14.9 Å². The van der Waals surface area contributed by atoms with E-state index in [1.807, 2.05) is 0 Å². The third-order valence-electron chi connectivity index (χ3n) is 9.36. The summed E-state index contributed by atoms with van der Waals surface area (Å²) in [5.74, 6) is -0.917. The van der Waals surface area contributed by atoms with E-state index in [4.69, 9.17) is 0 Å². The second-order valence-electron chi connectivity index (χ2n) is 14.2. The van der Waals surface area contributed by atoms with Crippen molar-refractivity contribution < 1.29 is 22.9 Å². The van der Waals surface area contributed by atoms with Gasteiger partial charge in [0.2, 0.25) is 5.91 Å². The summed E-state index contributed by atoms with van der Waals surface area (Å²) in [6.45, 7) is 4.41. The first kappa shape index (κ1) is 47.6. The van der Waals surface area contributed by atoms with Gasteiger partial charge in [-0.3, -0.25) is 9.35 Å². The van der Waals surface area contributed by atoms with Crippen LogP contribution in [-0.4, -0.2) is 41.9 Å².